The summed E-state index contributed by atoms with van der Waals surface area (Å²) in [6, 6.07) is 0. The largest absolute Gasteiger partial charge is 0.469 e. The first-order valence-corrected chi connectivity index (χ1v) is 10.1. The molecule has 2 N–H and O–H groups in total. The third-order valence-corrected chi connectivity index (χ3v) is 5.99. The van der Waals surface area contributed by atoms with Gasteiger partial charge in [0, 0.05) is 43.4 Å². The van der Waals surface area contributed by atoms with Crippen molar-refractivity contribution in [3.63, 3.8) is 0 Å². The summed E-state index contributed by atoms with van der Waals surface area (Å²) < 4.78 is 6.49. The summed E-state index contributed by atoms with van der Waals surface area (Å²) in [4.78, 5) is 39.0. The van der Waals surface area contributed by atoms with Gasteiger partial charge in [-0.05, 0) is 25.7 Å². The van der Waals surface area contributed by atoms with Gasteiger partial charge < -0.3 is 15.0 Å². The summed E-state index contributed by atoms with van der Waals surface area (Å²) in [6.45, 7) is 1.31. The molecule has 2 aromatic heterocycles. The van der Waals surface area contributed by atoms with E-state index < -0.39 is 0 Å². The van der Waals surface area contributed by atoms with Gasteiger partial charge in [-0.25, -0.2) is 0 Å². The fourth-order valence-corrected chi connectivity index (χ4v) is 4.37. The maximum absolute atomic E-state index is 12.9. The van der Waals surface area contributed by atoms with E-state index >= 15 is 0 Å². The molecule has 3 heterocycles. The fourth-order valence-electron chi connectivity index (χ4n) is 4.37. The molecule has 10 nitrogen and oxygen atoms in total. The maximum Gasteiger partial charge on any atom is 0.308 e. The van der Waals surface area contributed by atoms with E-state index in [0.717, 1.165) is 16.8 Å². The molecule has 2 aromatic rings. The molecule has 1 aliphatic carbocycles. The Labute approximate surface area is 173 Å². The Kier molecular flexibility index (Phi) is 5.56. The fraction of sp³-hybridized carbons (Fsp3) is 0.550. The molecular weight excluding hydrogens is 388 g/mol. The average molecular weight is 414 g/mol. The Hall–Kier alpha value is -3.17. The van der Waals surface area contributed by atoms with Gasteiger partial charge in [0.05, 0.1) is 31.5 Å². The number of fused-ring (bicyclic) bond motifs is 1. The second kappa shape index (κ2) is 8.29. The number of carbonyl (C=O) groups is 3. The quantitative estimate of drug-likeness (QED) is 0.689. The van der Waals surface area contributed by atoms with Crippen LogP contribution in [-0.2, 0) is 40.9 Å². The smallest absolute Gasteiger partial charge is 0.308 e. The Morgan fingerprint density at radius 3 is 2.83 bits per heavy atom. The van der Waals surface area contributed by atoms with Crippen molar-refractivity contribution in [2.45, 2.75) is 38.8 Å². The molecule has 0 spiro atoms. The van der Waals surface area contributed by atoms with Crippen molar-refractivity contribution < 1.29 is 19.1 Å². The highest BCUT2D eigenvalue weighted by molar-refractivity contribution is 5.94. The van der Waals surface area contributed by atoms with Gasteiger partial charge in [-0.1, -0.05) is 0 Å². The molecule has 30 heavy (non-hydrogen) atoms. The van der Waals surface area contributed by atoms with Crippen LogP contribution in [0.25, 0.3) is 0 Å². The van der Waals surface area contributed by atoms with Crippen molar-refractivity contribution in [1.82, 2.24) is 30.2 Å². The molecule has 1 aliphatic heterocycles. The van der Waals surface area contributed by atoms with Gasteiger partial charge >= 0.3 is 5.97 Å². The van der Waals surface area contributed by atoms with Gasteiger partial charge in [-0.3, -0.25) is 24.2 Å². The second-order valence-electron chi connectivity index (χ2n) is 7.97. The second-order valence-corrected chi connectivity index (χ2v) is 7.97. The Bertz CT molecular complexity index is 964. The summed E-state index contributed by atoms with van der Waals surface area (Å²) >= 11 is 0. The minimum absolute atomic E-state index is 0.0595. The van der Waals surface area contributed by atoms with Crippen molar-refractivity contribution in [2.24, 2.45) is 18.9 Å². The normalized spacial score (nSPS) is 20.7. The third kappa shape index (κ3) is 3.94. The molecule has 0 unspecified atom stereocenters. The third-order valence-electron chi connectivity index (χ3n) is 5.99. The summed E-state index contributed by atoms with van der Waals surface area (Å²) in [5.74, 6) is -0.758. The number of aromatic nitrogens is 4. The van der Waals surface area contributed by atoms with Crippen LogP contribution >= 0.6 is 0 Å². The Morgan fingerprint density at radius 2 is 2.10 bits per heavy atom. The van der Waals surface area contributed by atoms with Crippen molar-refractivity contribution >= 4 is 17.8 Å². The van der Waals surface area contributed by atoms with Gasteiger partial charge in [0.25, 0.3) is 5.91 Å². The van der Waals surface area contributed by atoms with E-state index in [1.165, 1.54) is 7.11 Å². The monoisotopic (exact) mass is 414 g/mol. The molecule has 2 amide bonds. The molecule has 0 aromatic carbocycles. The van der Waals surface area contributed by atoms with Crippen molar-refractivity contribution in [1.29, 1.82) is 0 Å². The van der Waals surface area contributed by atoms with Crippen LogP contribution in [0, 0.1) is 11.8 Å². The molecule has 1 fully saturated rings. The van der Waals surface area contributed by atoms with Gasteiger partial charge in [0.1, 0.15) is 0 Å². The number of nitrogens with zero attached hydrogens (tertiary/aromatic N) is 4. The first-order chi connectivity index (χ1) is 14.5. The highest BCUT2D eigenvalue weighted by Gasteiger charge is 2.38. The van der Waals surface area contributed by atoms with Crippen LogP contribution in [0.5, 0.6) is 0 Å². The first-order valence-electron chi connectivity index (χ1n) is 10.1. The summed E-state index contributed by atoms with van der Waals surface area (Å²) in [5, 5.41) is 14.1. The highest BCUT2D eigenvalue weighted by atomic mass is 16.5. The molecule has 2 aliphatic rings. The molecule has 4 rings (SSSR count). The lowest BCUT2D eigenvalue weighted by molar-refractivity contribution is -0.145. The molecule has 0 saturated heterocycles. The zero-order chi connectivity index (χ0) is 21.3. The number of carbonyl (C=O) groups excluding carboxylic acids is 3. The summed E-state index contributed by atoms with van der Waals surface area (Å²) in [7, 11) is 3.20. The number of hydrogen-bond acceptors (Lipinski definition) is 6. The molecule has 10 heteroatoms. The van der Waals surface area contributed by atoms with Crippen LogP contribution in [0.1, 0.15) is 46.6 Å². The number of nitrogens with one attached hydrogen (secondary N) is 2. The lowest BCUT2D eigenvalue weighted by atomic mass is 9.99. The van der Waals surface area contributed by atoms with E-state index in [-0.39, 0.29) is 29.6 Å². The standard InChI is InChI=1S/C20H26N6O4/c1-25-10-12(9-22-25)8-21-18(27)17-15-5-6-26(11-16(15)23-24-17)19(28)13-3-4-14(7-13)20(29)30-2/h9-10,13-14H,3-8,11H2,1-2H3,(H,21,27)(H,23,24)/t13-,14+/m0/s1. The number of aryl methyl sites for hydroxylation is 1. The predicted molar refractivity (Wildman–Crippen MR) is 105 cm³/mol. The van der Waals surface area contributed by atoms with Crippen LogP contribution in [0.15, 0.2) is 12.4 Å². The number of rotatable bonds is 5. The van der Waals surface area contributed by atoms with Gasteiger partial charge in [0.2, 0.25) is 5.91 Å². The lowest BCUT2D eigenvalue weighted by Gasteiger charge is -2.29. The molecule has 160 valence electrons. The van der Waals surface area contributed by atoms with Crippen molar-refractivity contribution in [2.75, 3.05) is 13.7 Å². The number of ether oxygens (including phenoxy) is 1. The number of esters is 1. The average Bonchev–Trinajstić information content (AvgIpc) is 3.49. The topological polar surface area (TPSA) is 122 Å². The number of aromatic amines is 1. The maximum atomic E-state index is 12.9. The van der Waals surface area contributed by atoms with Crippen LogP contribution < -0.4 is 5.32 Å². The van der Waals surface area contributed by atoms with E-state index in [1.54, 1.807) is 15.8 Å². The minimum Gasteiger partial charge on any atom is -0.469 e. The highest BCUT2D eigenvalue weighted by Crippen LogP contribution is 2.34. The Balaban J connectivity index is 1.36. The predicted octanol–water partition coefficient (Wildman–Crippen LogP) is 0.547. The Morgan fingerprint density at radius 1 is 1.30 bits per heavy atom. The molecule has 0 radical (unpaired) electrons. The van der Waals surface area contributed by atoms with Crippen molar-refractivity contribution in [3.8, 4) is 0 Å². The van der Waals surface area contributed by atoms with E-state index in [9.17, 15) is 14.4 Å². The number of H-pyrrole nitrogens is 1. The van der Waals surface area contributed by atoms with E-state index in [0.29, 0.717) is 51.0 Å². The molecular formula is C20H26N6O4. The molecule has 2 atom stereocenters. The lowest BCUT2D eigenvalue weighted by Crippen LogP contribution is -2.39. The van der Waals surface area contributed by atoms with E-state index in [4.69, 9.17) is 4.74 Å². The number of methoxy groups -OCH3 is 1. The van der Waals surface area contributed by atoms with Crippen LogP contribution in [-0.4, -0.2) is 56.3 Å². The minimum atomic E-state index is -0.243. The van der Waals surface area contributed by atoms with Crippen LogP contribution in [0.2, 0.25) is 0 Å². The summed E-state index contributed by atoms with van der Waals surface area (Å²) in [5.41, 5.74) is 2.95. The number of hydrogen-bond donors (Lipinski definition) is 2. The SMILES string of the molecule is COC(=O)[C@@H]1CC[C@H](C(=O)N2CCc3c(C(=O)NCc4cnn(C)c4)n[nH]c3C2)C1. The summed E-state index contributed by atoms with van der Waals surface area (Å²) in [6.07, 6.45) is 6.05. The van der Waals surface area contributed by atoms with E-state index in [2.05, 4.69) is 20.6 Å². The van der Waals surface area contributed by atoms with Crippen molar-refractivity contribution in [3.05, 3.63) is 34.9 Å². The van der Waals surface area contributed by atoms with E-state index in [1.807, 2.05) is 13.2 Å². The van der Waals surface area contributed by atoms with Gasteiger partial charge in [0.15, 0.2) is 5.69 Å². The molecule has 1 saturated carbocycles. The zero-order valence-electron chi connectivity index (χ0n) is 17.2. The number of amides is 2. The van der Waals surface area contributed by atoms with Gasteiger partial charge in [-0.2, -0.15) is 10.2 Å². The zero-order valence-corrected chi connectivity index (χ0v) is 17.2. The van der Waals surface area contributed by atoms with Crippen LogP contribution in [0.4, 0.5) is 0 Å². The molecule has 0 bridgehead atoms. The van der Waals surface area contributed by atoms with Gasteiger partial charge in [-0.15, -0.1) is 0 Å². The van der Waals surface area contributed by atoms with Crippen LogP contribution in [0.3, 0.4) is 0 Å². The first kappa shape index (κ1) is 20.1.